The molecule has 5 nitrogen and oxygen atoms in total. The molecule has 5 heteroatoms. The van der Waals surface area contributed by atoms with Gasteiger partial charge in [-0.3, -0.25) is 14.5 Å². The first-order valence-electron chi connectivity index (χ1n) is 8.40. The first-order valence-corrected chi connectivity index (χ1v) is 8.40. The van der Waals surface area contributed by atoms with Crippen molar-refractivity contribution in [1.29, 1.82) is 0 Å². The van der Waals surface area contributed by atoms with Crippen molar-refractivity contribution in [1.82, 2.24) is 9.80 Å². The van der Waals surface area contributed by atoms with Crippen molar-refractivity contribution < 1.29 is 9.59 Å². The second-order valence-electron chi connectivity index (χ2n) is 8.23. The van der Waals surface area contributed by atoms with Gasteiger partial charge in [0.2, 0.25) is 5.91 Å². The van der Waals surface area contributed by atoms with Crippen molar-refractivity contribution in [3.05, 3.63) is 0 Å². The minimum atomic E-state index is -0.292. The molecule has 2 aliphatic heterocycles. The molecule has 1 unspecified atom stereocenters. The first-order chi connectivity index (χ1) is 10.0. The second-order valence-corrected chi connectivity index (χ2v) is 8.23. The Balaban J connectivity index is 2.17. The molecule has 0 saturated carbocycles. The van der Waals surface area contributed by atoms with Crippen LogP contribution in [0.25, 0.3) is 0 Å². The van der Waals surface area contributed by atoms with Gasteiger partial charge in [-0.2, -0.15) is 0 Å². The smallest absolute Gasteiger partial charge is 0.239 e. The summed E-state index contributed by atoms with van der Waals surface area (Å²) in [7, 11) is 0. The van der Waals surface area contributed by atoms with Gasteiger partial charge in [-0.15, -0.1) is 0 Å². The van der Waals surface area contributed by atoms with Crippen LogP contribution >= 0.6 is 0 Å². The number of hydrogen-bond donors (Lipinski definition) is 1. The minimum absolute atomic E-state index is 0.169. The molecule has 0 radical (unpaired) electrons. The summed E-state index contributed by atoms with van der Waals surface area (Å²) < 4.78 is 0. The standard InChI is InChI=1S/C17H31N3O2/c1-12(15(22)19-8-6-13(18)7-9-19)20-16(2,3)10-14(21)11-17(20,4)5/h12-13H,6-11,18H2,1-5H3. The van der Waals surface area contributed by atoms with E-state index in [1.54, 1.807) is 0 Å². The van der Waals surface area contributed by atoms with E-state index in [0.29, 0.717) is 12.8 Å². The number of nitrogens with two attached hydrogens (primary N) is 1. The van der Waals surface area contributed by atoms with E-state index >= 15 is 0 Å². The predicted octanol–water partition coefficient (Wildman–Crippen LogP) is 1.55. The number of ketones is 1. The van der Waals surface area contributed by atoms with Crippen molar-refractivity contribution in [2.75, 3.05) is 13.1 Å². The lowest BCUT2D eigenvalue weighted by Crippen LogP contribution is -2.67. The van der Waals surface area contributed by atoms with Crippen molar-refractivity contribution in [2.45, 2.75) is 83.5 Å². The molecule has 126 valence electrons. The van der Waals surface area contributed by atoms with E-state index in [0.717, 1.165) is 25.9 Å². The average molecular weight is 309 g/mol. The zero-order chi connectivity index (χ0) is 16.7. The highest BCUT2D eigenvalue weighted by Gasteiger charge is 2.49. The zero-order valence-corrected chi connectivity index (χ0v) is 14.7. The van der Waals surface area contributed by atoms with Crippen LogP contribution in [0, 0.1) is 0 Å². The number of hydrogen-bond acceptors (Lipinski definition) is 4. The summed E-state index contributed by atoms with van der Waals surface area (Å²) in [5.74, 6) is 0.456. The van der Waals surface area contributed by atoms with Crippen LogP contribution < -0.4 is 5.73 Å². The number of rotatable bonds is 2. The van der Waals surface area contributed by atoms with Crippen molar-refractivity contribution >= 4 is 11.7 Å². The van der Waals surface area contributed by atoms with E-state index in [4.69, 9.17) is 5.73 Å². The molecule has 1 atom stereocenters. The van der Waals surface area contributed by atoms with Crippen LogP contribution in [0.1, 0.15) is 60.3 Å². The summed E-state index contributed by atoms with van der Waals surface area (Å²) in [6.45, 7) is 11.8. The molecule has 0 bridgehead atoms. The zero-order valence-electron chi connectivity index (χ0n) is 14.7. The lowest BCUT2D eigenvalue weighted by Gasteiger charge is -2.55. The summed E-state index contributed by atoms with van der Waals surface area (Å²) in [6.07, 6.45) is 2.78. The molecule has 2 fully saturated rings. The average Bonchev–Trinajstić information content (AvgIpc) is 2.35. The third-order valence-electron chi connectivity index (χ3n) is 5.16. The van der Waals surface area contributed by atoms with E-state index in [1.165, 1.54) is 0 Å². The van der Waals surface area contributed by atoms with Crippen LogP contribution in [0.5, 0.6) is 0 Å². The summed E-state index contributed by atoms with van der Waals surface area (Å²) in [5, 5.41) is 0. The van der Waals surface area contributed by atoms with E-state index in [-0.39, 0.29) is 34.9 Å². The molecule has 0 aromatic rings. The number of amides is 1. The molecule has 0 aromatic heterocycles. The molecule has 1 amide bonds. The largest absolute Gasteiger partial charge is 0.341 e. The highest BCUT2D eigenvalue weighted by molar-refractivity contribution is 5.84. The van der Waals surface area contributed by atoms with Gasteiger partial charge in [-0.1, -0.05) is 0 Å². The Morgan fingerprint density at radius 2 is 1.59 bits per heavy atom. The Morgan fingerprint density at radius 1 is 1.14 bits per heavy atom. The number of carbonyl (C=O) groups is 2. The van der Waals surface area contributed by atoms with Gasteiger partial charge in [0.25, 0.3) is 0 Å². The van der Waals surface area contributed by atoms with Gasteiger partial charge >= 0.3 is 0 Å². The Morgan fingerprint density at radius 3 is 2.05 bits per heavy atom. The molecule has 0 aromatic carbocycles. The van der Waals surface area contributed by atoms with Gasteiger partial charge in [0.15, 0.2) is 0 Å². The Bertz CT molecular complexity index is 431. The molecule has 2 N–H and O–H groups in total. The number of nitrogens with zero attached hydrogens (tertiary/aromatic N) is 2. The van der Waals surface area contributed by atoms with E-state index in [1.807, 2.05) is 11.8 Å². The Labute approximate surface area is 134 Å². The van der Waals surface area contributed by atoms with Crippen LogP contribution in [0.15, 0.2) is 0 Å². The van der Waals surface area contributed by atoms with Crippen LogP contribution in [-0.4, -0.2) is 57.7 Å². The minimum Gasteiger partial charge on any atom is -0.341 e. The summed E-state index contributed by atoms with van der Waals surface area (Å²) >= 11 is 0. The van der Waals surface area contributed by atoms with Crippen LogP contribution in [-0.2, 0) is 9.59 Å². The molecule has 0 spiro atoms. The van der Waals surface area contributed by atoms with Gasteiger partial charge in [-0.05, 0) is 47.5 Å². The Hall–Kier alpha value is -0.940. The molecule has 2 aliphatic rings. The van der Waals surface area contributed by atoms with Gasteiger partial charge < -0.3 is 10.6 Å². The maximum atomic E-state index is 12.9. The molecule has 0 aliphatic carbocycles. The van der Waals surface area contributed by atoms with Gasteiger partial charge in [0.05, 0.1) is 6.04 Å². The van der Waals surface area contributed by atoms with Crippen molar-refractivity contribution in [3.63, 3.8) is 0 Å². The third kappa shape index (κ3) is 3.35. The number of piperidine rings is 2. The third-order valence-corrected chi connectivity index (χ3v) is 5.16. The van der Waals surface area contributed by atoms with Gasteiger partial charge in [0, 0.05) is 43.1 Å². The maximum Gasteiger partial charge on any atom is 0.239 e. The van der Waals surface area contributed by atoms with Gasteiger partial charge in [-0.25, -0.2) is 0 Å². The fourth-order valence-electron chi connectivity index (χ4n) is 4.56. The fourth-order valence-corrected chi connectivity index (χ4v) is 4.56. The summed E-state index contributed by atoms with van der Waals surface area (Å²) in [4.78, 5) is 29.1. The lowest BCUT2D eigenvalue weighted by atomic mass is 9.77. The highest BCUT2D eigenvalue weighted by atomic mass is 16.2. The monoisotopic (exact) mass is 309 g/mol. The molecular formula is C17H31N3O2. The Kier molecular flexibility index (Phi) is 4.69. The number of likely N-dealkylation sites (tertiary alicyclic amines) is 2. The topological polar surface area (TPSA) is 66.6 Å². The van der Waals surface area contributed by atoms with E-state index in [9.17, 15) is 9.59 Å². The maximum absolute atomic E-state index is 12.9. The van der Waals surface area contributed by atoms with Gasteiger partial charge in [0.1, 0.15) is 5.78 Å². The molecule has 2 heterocycles. The summed E-state index contributed by atoms with van der Waals surface area (Å²) in [5.41, 5.74) is 5.35. The fraction of sp³-hybridized carbons (Fsp3) is 0.882. The predicted molar refractivity (Wildman–Crippen MR) is 87.5 cm³/mol. The van der Waals surface area contributed by atoms with Crippen molar-refractivity contribution in [3.8, 4) is 0 Å². The molecule has 22 heavy (non-hydrogen) atoms. The molecule has 2 saturated heterocycles. The molecular weight excluding hydrogens is 278 g/mol. The quantitative estimate of drug-likeness (QED) is 0.840. The highest BCUT2D eigenvalue weighted by Crippen LogP contribution is 2.38. The van der Waals surface area contributed by atoms with Crippen LogP contribution in [0.3, 0.4) is 0 Å². The second kappa shape index (κ2) is 5.93. The SMILES string of the molecule is CC(C(=O)N1CCC(N)CC1)N1C(C)(C)CC(=O)CC1(C)C. The first kappa shape index (κ1) is 17.4. The molecule has 2 rings (SSSR count). The van der Waals surface area contributed by atoms with Crippen LogP contribution in [0.2, 0.25) is 0 Å². The summed E-state index contributed by atoms with van der Waals surface area (Å²) in [6, 6.07) is 0.00673. The number of Topliss-reactive ketones (excluding diaryl/α,β-unsaturated/α-hetero) is 1. The van der Waals surface area contributed by atoms with Crippen LogP contribution in [0.4, 0.5) is 0 Å². The van der Waals surface area contributed by atoms with Crippen molar-refractivity contribution in [2.24, 2.45) is 5.73 Å². The lowest BCUT2D eigenvalue weighted by molar-refractivity contribution is -0.153. The number of carbonyl (C=O) groups excluding carboxylic acids is 2. The van der Waals surface area contributed by atoms with E-state index in [2.05, 4.69) is 32.6 Å². The normalized spacial score (nSPS) is 27.7. The van der Waals surface area contributed by atoms with E-state index < -0.39 is 0 Å².